The van der Waals surface area contributed by atoms with Crippen molar-refractivity contribution in [3.63, 3.8) is 0 Å². The fourth-order valence-electron chi connectivity index (χ4n) is 3.03. The Kier molecular flexibility index (Phi) is 6.60. The van der Waals surface area contributed by atoms with Gasteiger partial charge in [-0.3, -0.25) is 4.79 Å². The van der Waals surface area contributed by atoms with Crippen LogP contribution in [0.15, 0.2) is 68.7 Å². The van der Waals surface area contributed by atoms with Crippen LogP contribution in [0.5, 0.6) is 0 Å². The molecule has 0 fully saturated rings. The van der Waals surface area contributed by atoms with Gasteiger partial charge in [0.2, 0.25) is 15.9 Å². The molecule has 0 saturated carbocycles. The number of carbonyl (C=O) groups is 1. The predicted octanol–water partition coefficient (Wildman–Crippen LogP) is 3.87. The highest BCUT2D eigenvalue weighted by molar-refractivity contribution is 7.89. The van der Waals surface area contributed by atoms with Gasteiger partial charge in [-0.1, -0.05) is 24.6 Å². The van der Waals surface area contributed by atoms with Crippen LogP contribution < -0.4 is 10.9 Å². The van der Waals surface area contributed by atoms with E-state index >= 15 is 0 Å². The molecule has 0 bridgehead atoms. The molecular formula is C21H21ClN2O5S. The molecule has 0 saturated heterocycles. The summed E-state index contributed by atoms with van der Waals surface area (Å²) in [7, 11) is -3.98. The zero-order valence-electron chi connectivity index (χ0n) is 16.5. The second-order valence-electron chi connectivity index (χ2n) is 6.75. The Hall–Kier alpha value is -2.68. The average molecular weight is 449 g/mol. The van der Waals surface area contributed by atoms with Gasteiger partial charge in [0, 0.05) is 28.7 Å². The van der Waals surface area contributed by atoms with Gasteiger partial charge in [-0.25, -0.2) is 13.2 Å². The minimum absolute atomic E-state index is 0.0136. The van der Waals surface area contributed by atoms with E-state index in [2.05, 4.69) is 5.32 Å². The Balaban J connectivity index is 1.92. The fourth-order valence-corrected chi connectivity index (χ4v) is 4.94. The lowest BCUT2D eigenvalue weighted by Gasteiger charge is -2.27. The highest BCUT2D eigenvalue weighted by atomic mass is 35.5. The standard InChI is InChI=1S/C21H21ClN2O5S/c1-3-11-24(14(2)21(26)23-17-6-4-5-16(22)13-17)30(27,28)18-8-9-19-15(12-18)7-10-20(25)29-19/h4-10,12-14H,3,11H2,1-2H3,(H,23,26)/t14-/m1/s1. The Morgan fingerprint density at radius 1 is 1.17 bits per heavy atom. The zero-order chi connectivity index (χ0) is 21.9. The Morgan fingerprint density at radius 3 is 2.63 bits per heavy atom. The van der Waals surface area contributed by atoms with Crippen molar-refractivity contribution in [2.24, 2.45) is 0 Å². The van der Waals surface area contributed by atoms with Crippen molar-refractivity contribution in [3.8, 4) is 0 Å². The van der Waals surface area contributed by atoms with Crippen molar-refractivity contribution in [2.75, 3.05) is 11.9 Å². The Labute approximate surface area is 179 Å². The van der Waals surface area contributed by atoms with E-state index in [1.54, 1.807) is 24.3 Å². The van der Waals surface area contributed by atoms with Gasteiger partial charge >= 0.3 is 5.63 Å². The first kappa shape index (κ1) is 22.0. The number of amides is 1. The average Bonchev–Trinajstić information content (AvgIpc) is 2.70. The number of hydrogen-bond acceptors (Lipinski definition) is 5. The van der Waals surface area contributed by atoms with Crippen molar-refractivity contribution in [2.45, 2.75) is 31.2 Å². The number of rotatable bonds is 7. The molecule has 3 aromatic rings. The summed E-state index contributed by atoms with van der Waals surface area (Å²) in [6, 6.07) is 12.6. The summed E-state index contributed by atoms with van der Waals surface area (Å²) in [4.78, 5) is 24.1. The number of hydrogen-bond donors (Lipinski definition) is 1. The van der Waals surface area contributed by atoms with Crippen LogP contribution >= 0.6 is 11.6 Å². The van der Waals surface area contributed by atoms with E-state index < -0.39 is 27.6 Å². The second-order valence-corrected chi connectivity index (χ2v) is 9.07. The van der Waals surface area contributed by atoms with Crippen molar-refractivity contribution in [1.29, 1.82) is 0 Å². The van der Waals surface area contributed by atoms with Crippen molar-refractivity contribution in [3.05, 3.63) is 70.0 Å². The van der Waals surface area contributed by atoms with Gasteiger partial charge in [-0.05, 0) is 55.8 Å². The van der Waals surface area contributed by atoms with Crippen LogP contribution in [0.3, 0.4) is 0 Å². The molecule has 0 spiro atoms. The quantitative estimate of drug-likeness (QED) is 0.553. The molecule has 0 unspecified atom stereocenters. The van der Waals surface area contributed by atoms with Crippen LogP contribution in [0.25, 0.3) is 11.0 Å². The SMILES string of the molecule is CCCN([C@H](C)C(=O)Nc1cccc(Cl)c1)S(=O)(=O)c1ccc2oc(=O)ccc2c1. The summed E-state index contributed by atoms with van der Waals surface area (Å²) >= 11 is 5.95. The summed E-state index contributed by atoms with van der Waals surface area (Å²) in [6.45, 7) is 3.53. The van der Waals surface area contributed by atoms with E-state index in [4.69, 9.17) is 16.0 Å². The smallest absolute Gasteiger partial charge is 0.336 e. The Bertz CT molecular complexity index is 1240. The number of nitrogens with one attached hydrogen (secondary N) is 1. The van der Waals surface area contributed by atoms with Crippen molar-refractivity contribution in [1.82, 2.24) is 4.31 Å². The van der Waals surface area contributed by atoms with Crippen LogP contribution in [0.2, 0.25) is 5.02 Å². The molecule has 1 amide bonds. The first-order chi connectivity index (χ1) is 14.2. The molecule has 0 radical (unpaired) electrons. The van der Waals surface area contributed by atoms with Crippen LogP contribution in [-0.4, -0.2) is 31.2 Å². The molecule has 1 N–H and O–H groups in total. The first-order valence-corrected chi connectivity index (χ1v) is 11.2. The number of benzene rings is 2. The largest absolute Gasteiger partial charge is 0.423 e. The van der Waals surface area contributed by atoms with Gasteiger partial charge in [0.15, 0.2) is 0 Å². The van der Waals surface area contributed by atoms with E-state index in [-0.39, 0.29) is 17.0 Å². The molecule has 0 aliphatic rings. The maximum absolute atomic E-state index is 13.3. The molecule has 3 rings (SSSR count). The number of nitrogens with zero attached hydrogens (tertiary/aromatic N) is 1. The van der Waals surface area contributed by atoms with E-state index in [0.717, 1.165) is 4.31 Å². The van der Waals surface area contributed by atoms with Gasteiger partial charge in [0.05, 0.1) is 4.90 Å². The number of halogens is 1. The molecule has 7 nitrogen and oxygen atoms in total. The van der Waals surface area contributed by atoms with E-state index in [1.807, 2.05) is 6.92 Å². The lowest BCUT2D eigenvalue weighted by molar-refractivity contribution is -0.119. The second kappa shape index (κ2) is 8.99. The molecule has 9 heteroatoms. The molecule has 1 heterocycles. The molecule has 1 atom stereocenters. The zero-order valence-corrected chi connectivity index (χ0v) is 18.0. The van der Waals surface area contributed by atoms with Gasteiger partial charge in [-0.2, -0.15) is 4.31 Å². The summed E-state index contributed by atoms with van der Waals surface area (Å²) < 4.78 is 32.9. The van der Waals surface area contributed by atoms with E-state index in [0.29, 0.717) is 22.5 Å². The third-order valence-corrected chi connectivity index (χ3v) is 6.75. The van der Waals surface area contributed by atoms with Crippen molar-refractivity contribution >= 4 is 44.2 Å². The summed E-state index contributed by atoms with van der Waals surface area (Å²) in [5, 5.41) is 3.64. The van der Waals surface area contributed by atoms with E-state index in [1.165, 1.54) is 37.3 Å². The molecule has 0 aliphatic carbocycles. The third kappa shape index (κ3) is 4.72. The monoisotopic (exact) mass is 448 g/mol. The molecule has 2 aromatic carbocycles. The summed E-state index contributed by atoms with van der Waals surface area (Å²) in [5.74, 6) is -0.471. The summed E-state index contributed by atoms with van der Waals surface area (Å²) in [6.07, 6.45) is 0.524. The van der Waals surface area contributed by atoms with Gasteiger partial charge in [-0.15, -0.1) is 0 Å². The first-order valence-electron chi connectivity index (χ1n) is 9.34. The number of sulfonamides is 1. The number of fused-ring (bicyclic) bond motifs is 1. The van der Waals surface area contributed by atoms with Gasteiger partial charge in [0.25, 0.3) is 0 Å². The van der Waals surface area contributed by atoms with Crippen LogP contribution in [0, 0.1) is 0 Å². The maximum atomic E-state index is 13.3. The van der Waals surface area contributed by atoms with Crippen LogP contribution in [-0.2, 0) is 14.8 Å². The maximum Gasteiger partial charge on any atom is 0.336 e. The molecular weight excluding hydrogens is 428 g/mol. The third-order valence-electron chi connectivity index (χ3n) is 4.54. The van der Waals surface area contributed by atoms with Crippen LogP contribution in [0.4, 0.5) is 5.69 Å². The van der Waals surface area contributed by atoms with Crippen LogP contribution in [0.1, 0.15) is 20.3 Å². The summed E-state index contributed by atoms with van der Waals surface area (Å²) in [5.41, 5.74) is 0.251. The highest BCUT2D eigenvalue weighted by Gasteiger charge is 2.32. The topological polar surface area (TPSA) is 96.7 Å². The molecule has 1 aromatic heterocycles. The molecule has 158 valence electrons. The highest BCUT2D eigenvalue weighted by Crippen LogP contribution is 2.24. The molecule has 30 heavy (non-hydrogen) atoms. The minimum atomic E-state index is -3.98. The fraction of sp³-hybridized carbons (Fsp3) is 0.238. The predicted molar refractivity (Wildman–Crippen MR) is 116 cm³/mol. The van der Waals surface area contributed by atoms with Crippen molar-refractivity contribution < 1.29 is 17.6 Å². The Morgan fingerprint density at radius 2 is 1.93 bits per heavy atom. The normalized spacial score (nSPS) is 12.8. The lowest BCUT2D eigenvalue weighted by atomic mass is 10.2. The number of anilines is 1. The number of carbonyl (C=O) groups excluding carboxylic acids is 1. The molecule has 0 aliphatic heterocycles. The van der Waals surface area contributed by atoms with E-state index in [9.17, 15) is 18.0 Å². The lowest BCUT2D eigenvalue weighted by Crippen LogP contribution is -2.45. The van der Waals surface area contributed by atoms with Gasteiger partial charge < -0.3 is 9.73 Å². The minimum Gasteiger partial charge on any atom is -0.423 e. The van der Waals surface area contributed by atoms with Gasteiger partial charge in [0.1, 0.15) is 11.6 Å².